The van der Waals surface area contributed by atoms with E-state index in [0.29, 0.717) is 5.56 Å². The Hall–Kier alpha value is -1.01. The zero-order valence-electron chi connectivity index (χ0n) is 5.91. The van der Waals surface area contributed by atoms with Crippen LogP contribution in [0.5, 0.6) is 0 Å². The first-order valence-corrected chi connectivity index (χ1v) is 4.39. The van der Waals surface area contributed by atoms with Gasteiger partial charge in [-0.05, 0) is 0 Å². The molecule has 1 aromatic rings. The van der Waals surface area contributed by atoms with Gasteiger partial charge in [0.15, 0.2) is 0 Å². The van der Waals surface area contributed by atoms with Gasteiger partial charge in [0, 0.05) is 5.56 Å². The van der Waals surface area contributed by atoms with Gasteiger partial charge in [0.25, 0.3) is 0 Å². The molecule has 1 rings (SSSR count). The summed E-state index contributed by atoms with van der Waals surface area (Å²) in [4.78, 5) is 11.1. The molecule has 1 atom stereocenters. The van der Waals surface area contributed by atoms with Gasteiger partial charge in [-0.2, -0.15) is 0 Å². The maximum Gasteiger partial charge on any atom is 0.333 e. The minimum atomic E-state index is -0.536. The van der Waals surface area contributed by atoms with Crippen molar-refractivity contribution in [2.24, 2.45) is 0 Å². The number of carbonyl (C=O) groups is 1. The highest BCUT2D eigenvalue weighted by Crippen LogP contribution is 2.03. The van der Waals surface area contributed by atoms with E-state index in [4.69, 9.17) is 0 Å². The third kappa shape index (κ3) is 2.24. The second-order valence-corrected chi connectivity index (χ2v) is 2.75. The molecule has 0 fully saturated rings. The Bertz CT molecular complexity index is 256. The number of benzene rings is 1. The van der Waals surface area contributed by atoms with E-state index in [1.165, 1.54) is 0 Å². The third-order valence-electron chi connectivity index (χ3n) is 1.33. The number of Topliss-reactive ketones (excluding diaryl/α,β-unsaturated/α-hetero) is 1. The van der Waals surface area contributed by atoms with Crippen molar-refractivity contribution in [3.8, 4) is 0 Å². The van der Waals surface area contributed by atoms with Crippen LogP contribution in [-0.2, 0) is 4.57 Å². The molecule has 11 heavy (non-hydrogen) atoms. The largest absolute Gasteiger partial charge is 0.333 e. The second kappa shape index (κ2) is 3.99. The van der Waals surface area contributed by atoms with Crippen LogP contribution in [0.1, 0.15) is 10.4 Å². The van der Waals surface area contributed by atoms with Gasteiger partial charge in [0.1, 0.15) is 0 Å². The van der Waals surface area contributed by atoms with E-state index in [1.807, 2.05) is 6.07 Å². The zero-order chi connectivity index (χ0) is 8.10. The smallest absolute Gasteiger partial charge is 0.289 e. The van der Waals surface area contributed by atoms with Crippen molar-refractivity contribution in [1.82, 2.24) is 0 Å². The quantitative estimate of drug-likeness (QED) is 0.508. The summed E-state index contributed by atoms with van der Waals surface area (Å²) in [5.41, 5.74) is 0.635. The molecule has 3 heteroatoms. The van der Waals surface area contributed by atoms with Crippen LogP contribution in [0.15, 0.2) is 30.3 Å². The Kier molecular flexibility index (Phi) is 2.94. The number of ketones is 1. The van der Waals surface area contributed by atoms with Gasteiger partial charge in [0.05, 0.1) is 0 Å². The van der Waals surface area contributed by atoms with Crippen molar-refractivity contribution in [3.63, 3.8) is 0 Å². The summed E-state index contributed by atoms with van der Waals surface area (Å²) in [5, 5.41) is 0. The molecule has 0 radical (unpaired) electrons. The standard InChI is InChI=1S/C8H7O2P/c9-8(6-11-10)7-4-2-1-3-5-7/h1-5H,6H2/p+1. The van der Waals surface area contributed by atoms with Crippen LogP contribution in [0.2, 0.25) is 0 Å². The third-order valence-corrected chi connectivity index (χ3v) is 1.79. The molecule has 1 unspecified atom stereocenters. The van der Waals surface area contributed by atoms with Crippen molar-refractivity contribution in [3.05, 3.63) is 35.9 Å². The average molecular weight is 167 g/mol. The van der Waals surface area contributed by atoms with Crippen LogP contribution in [-0.4, -0.2) is 11.9 Å². The van der Waals surface area contributed by atoms with Crippen molar-refractivity contribution in [2.75, 3.05) is 6.16 Å². The summed E-state index contributed by atoms with van der Waals surface area (Å²) in [6, 6.07) is 8.88. The molecule has 0 aliphatic rings. The lowest BCUT2D eigenvalue weighted by molar-refractivity contribution is 0.102. The fourth-order valence-corrected chi connectivity index (χ4v) is 1.13. The maximum atomic E-state index is 11.1. The first-order valence-electron chi connectivity index (χ1n) is 3.28. The topological polar surface area (TPSA) is 34.1 Å². The minimum Gasteiger partial charge on any atom is -0.289 e. The molecule has 0 amide bonds. The highest BCUT2D eigenvalue weighted by atomic mass is 31.1. The van der Waals surface area contributed by atoms with Gasteiger partial charge in [0.2, 0.25) is 11.9 Å². The summed E-state index contributed by atoms with van der Waals surface area (Å²) >= 11 is 0. The van der Waals surface area contributed by atoms with Gasteiger partial charge in [-0.1, -0.05) is 34.9 Å². The second-order valence-electron chi connectivity index (χ2n) is 2.11. The lowest BCUT2D eigenvalue weighted by atomic mass is 10.2. The summed E-state index contributed by atoms with van der Waals surface area (Å²) in [7, 11) is -0.536. The first kappa shape index (κ1) is 8.09. The molecular weight excluding hydrogens is 159 g/mol. The van der Waals surface area contributed by atoms with Crippen LogP contribution in [0, 0.1) is 0 Å². The van der Waals surface area contributed by atoms with Gasteiger partial charge in [-0.15, -0.1) is 0 Å². The molecule has 0 aliphatic heterocycles. The molecule has 1 aromatic carbocycles. The van der Waals surface area contributed by atoms with Crippen molar-refractivity contribution in [2.45, 2.75) is 0 Å². The predicted molar refractivity (Wildman–Crippen MR) is 44.6 cm³/mol. The zero-order valence-corrected chi connectivity index (χ0v) is 6.91. The van der Waals surface area contributed by atoms with Gasteiger partial charge >= 0.3 is 8.46 Å². The monoisotopic (exact) mass is 167 g/mol. The molecule has 56 valence electrons. The molecule has 0 N–H and O–H groups in total. The fraction of sp³-hybridized carbons (Fsp3) is 0.125. The van der Waals surface area contributed by atoms with E-state index < -0.39 is 8.46 Å². The summed E-state index contributed by atoms with van der Waals surface area (Å²) in [6.07, 6.45) is 0.129. The van der Waals surface area contributed by atoms with E-state index in [1.54, 1.807) is 24.3 Å². The van der Waals surface area contributed by atoms with Gasteiger partial charge in [-0.25, -0.2) is 0 Å². The predicted octanol–water partition coefficient (Wildman–Crippen LogP) is 1.89. The van der Waals surface area contributed by atoms with Crippen LogP contribution in [0.25, 0.3) is 0 Å². The molecule has 0 saturated heterocycles. The lowest BCUT2D eigenvalue weighted by Gasteiger charge is -1.90. The Balaban J connectivity index is 2.77. The summed E-state index contributed by atoms with van der Waals surface area (Å²) in [5.74, 6) is -0.0565. The van der Waals surface area contributed by atoms with E-state index in [0.717, 1.165) is 0 Å². The molecule has 0 heterocycles. The Labute approximate surface area is 66.4 Å². The van der Waals surface area contributed by atoms with Crippen molar-refractivity contribution >= 4 is 14.2 Å². The highest BCUT2D eigenvalue weighted by molar-refractivity contribution is 7.25. The van der Waals surface area contributed by atoms with Crippen molar-refractivity contribution in [1.29, 1.82) is 0 Å². The van der Waals surface area contributed by atoms with Gasteiger partial charge in [-0.3, -0.25) is 4.79 Å². The molecular formula is C8H8O2P+. The maximum absolute atomic E-state index is 11.1. The first-order chi connectivity index (χ1) is 5.34. The van der Waals surface area contributed by atoms with Crippen LogP contribution in [0.3, 0.4) is 0 Å². The number of carbonyl (C=O) groups excluding carboxylic acids is 1. The van der Waals surface area contributed by atoms with Crippen LogP contribution < -0.4 is 0 Å². The van der Waals surface area contributed by atoms with E-state index in [-0.39, 0.29) is 11.9 Å². The number of hydrogen-bond donors (Lipinski definition) is 0. The summed E-state index contributed by atoms with van der Waals surface area (Å²) < 4.78 is 10.1. The molecule has 0 bridgehead atoms. The lowest BCUT2D eigenvalue weighted by Crippen LogP contribution is -1.98. The van der Waals surface area contributed by atoms with Crippen LogP contribution >= 0.6 is 8.46 Å². The number of rotatable bonds is 3. The fourth-order valence-electron chi connectivity index (χ4n) is 0.792. The Morgan fingerprint density at radius 1 is 1.27 bits per heavy atom. The van der Waals surface area contributed by atoms with E-state index in [2.05, 4.69) is 0 Å². The van der Waals surface area contributed by atoms with Gasteiger partial charge < -0.3 is 0 Å². The molecule has 0 saturated carbocycles. The van der Waals surface area contributed by atoms with E-state index >= 15 is 0 Å². The van der Waals surface area contributed by atoms with Crippen LogP contribution in [0.4, 0.5) is 0 Å². The van der Waals surface area contributed by atoms with E-state index in [9.17, 15) is 9.36 Å². The SMILES string of the molecule is O=[PH+]CC(=O)c1ccccc1. The minimum absolute atomic E-state index is 0.0565. The summed E-state index contributed by atoms with van der Waals surface area (Å²) in [6.45, 7) is 0. The Morgan fingerprint density at radius 2 is 1.91 bits per heavy atom. The average Bonchev–Trinajstić information content (AvgIpc) is 2.07. The Morgan fingerprint density at radius 3 is 2.45 bits per heavy atom. The highest BCUT2D eigenvalue weighted by Gasteiger charge is 2.07. The normalized spacial score (nSPS) is 9.82. The molecule has 0 aliphatic carbocycles. The van der Waals surface area contributed by atoms with Crippen molar-refractivity contribution < 1.29 is 9.36 Å². The molecule has 2 nitrogen and oxygen atoms in total. The molecule has 0 spiro atoms. The molecule has 0 aromatic heterocycles. The number of hydrogen-bond acceptors (Lipinski definition) is 2.